The molecule has 112 valence electrons. The number of aromatic nitrogens is 2. The second kappa shape index (κ2) is 6.08. The highest BCUT2D eigenvalue weighted by Crippen LogP contribution is 2.39. The second-order valence-electron chi connectivity index (χ2n) is 6.63. The molecule has 1 fully saturated rings. The van der Waals surface area contributed by atoms with Crippen molar-refractivity contribution in [1.29, 1.82) is 0 Å². The van der Waals surface area contributed by atoms with Gasteiger partial charge in [0.05, 0.1) is 11.0 Å². The molecule has 4 heteroatoms. The van der Waals surface area contributed by atoms with Gasteiger partial charge in [-0.2, -0.15) is 0 Å². The lowest BCUT2D eigenvalue weighted by Crippen LogP contribution is -2.37. The van der Waals surface area contributed by atoms with Crippen LogP contribution >= 0.6 is 0 Å². The standard InChI is InChI=1S/C17H24N4/c1-11-7-12(2)9-14(8-11)17(21-18)13-3-4-15-16(10-13)20-6-5-19-15/h3-6,10-12,14,17,21H,7-9,18H2,1-2H3. The molecule has 3 rings (SSSR count). The number of nitrogens with one attached hydrogen (secondary N) is 1. The van der Waals surface area contributed by atoms with Crippen molar-refractivity contribution in [3.05, 3.63) is 36.2 Å². The highest BCUT2D eigenvalue weighted by atomic mass is 15.2. The lowest BCUT2D eigenvalue weighted by atomic mass is 9.72. The largest absolute Gasteiger partial charge is 0.271 e. The molecule has 1 aliphatic carbocycles. The molecule has 3 atom stereocenters. The highest BCUT2D eigenvalue weighted by molar-refractivity contribution is 5.74. The van der Waals surface area contributed by atoms with Crippen LogP contribution < -0.4 is 11.3 Å². The van der Waals surface area contributed by atoms with Crippen molar-refractivity contribution >= 4 is 11.0 Å². The van der Waals surface area contributed by atoms with E-state index in [4.69, 9.17) is 5.84 Å². The zero-order chi connectivity index (χ0) is 14.8. The lowest BCUT2D eigenvalue weighted by molar-refractivity contribution is 0.177. The van der Waals surface area contributed by atoms with E-state index < -0.39 is 0 Å². The van der Waals surface area contributed by atoms with Crippen LogP contribution in [0.3, 0.4) is 0 Å². The van der Waals surface area contributed by atoms with Crippen molar-refractivity contribution < 1.29 is 0 Å². The number of hydrogen-bond acceptors (Lipinski definition) is 4. The molecule has 2 aromatic rings. The van der Waals surface area contributed by atoms with Gasteiger partial charge < -0.3 is 0 Å². The predicted octanol–water partition coefficient (Wildman–Crippen LogP) is 3.21. The predicted molar refractivity (Wildman–Crippen MR) is 85.3 cm³/mol. The number of nitrogens with two attached hydrogens (primary N) is 1. The minimum Gasteiger partial charge on any atom is -0.271 e. The molecule has 1 saturated carbocycles. The maximum atomic E-state index is 5.88. The van der Waals surface area contributed by atoms with E-state index in [1.54, 1.807) is 12.4 Å². The molecular weight excluding hydrogens is 260 g/mol. The van der Waals surface area contributed by atoms with Gasteiger partial charge in [0.25, 0.3) is 0 Å². The highest BCUT2D eigenvalue weighted by Gasteiger charge is 2.30. The Morgan fingerprint density at radius 3 is 2.38 bits per heavy atom. The SMILES string of the molecule is CC1CC(C)CC(C(NN)c2ccc3nccnc3c2)C1. The normalized spacial score (nSPS) is 27.7. The average molecular weight is 284 g/mol. The van der Waals surface area contributed by atoms with Crippen molar-refractivity contribution in [1.82, 2.24) is 15.4 Å². The van der Waals surface area contributed by atoms with Crippen LogP contribution in [0.15, 0.2) is 30.6 Å². The molecule has 4 nitrogen and oxygen atoms in total. The van der Waals surface area contributed by atoms with Gasteiger partial charge in [-0.05, 0) is 54.7 Å². The van der Waals surface area contributed by atoms with Gasteiger partial charge in [0.15, 0.2) is 0 Å². The molecular formula is C17H24N4. The fourth-order valence-electron chi connectivity index (χ4n) is 3.96. The van der Waals surface area contributed by atoms with Crippen molar-refractivity contribution in [3.8, 4) is 0 Å². The molecule has 0 bridgehead atoms. The van der Waals surface area contributed by atoms with Gasteiger partial charge in [0, 0.05) is 18.4 Å². The Morgan fingerprint density at radius 2 is 1.71 bits per heavy atom. The first kappa shape index (κ1) is 14.4. The molecule has 0 spiro atoms. The minimum atomic E-state index is 0.196. The molecule has 1 aromatic heterocycles. The van der Waals surface area contributed by atoms with Crippen LogP contribution in [0.25, 0.3) is 11.0 Å². The lowest BCUT2D eigenvalue weighted by Gasteiger charge is -2.36. The molecule has 0 radical (unpaired) electrons. The number of hydrazine groups is 1. The average Bonchev–Trinajstić information content (AvgIpc) is 2.47. The zero-order valence-corrected chi connectivity index (χ0v) is 12.8. The quantitative estimate of drug-likeness (QED) is 0.671. The van der Waals surface area contributed by atoms with Crippen LogP contribution in [0, 0.1) is 17.8 Å². The molecule has 0 amide bonds. The third-order valence-electron chi connectivity index (χ3n) is 4.72. The third-order valence-corrected chi connectivity index (χ3v) is 4.72. The Kier molecular flexibility index (Phi) is 4.17. The van der Waals surface area contributed by atoms with Gasteiger partial charge in [0.2, 0.25) is 0 Å². The number of nitrogens with zero attached hydrogens (tertiary/aromatic N) is 2. The summed E-state index contributed by atoms with van der Waals surface area (Å²) >= 11 is 0. The number of hydrogen-bond donors (Lipinski definition) is 2. The molecule has 3 N–H and O–H groups in total. The number of rotatable bonds is 3. The van der Waals surface area contributed by atoms with Crippen molar-refractivity contribution in [2.75, 3.05) is 0 Å². The maximum Gasteiger partial charge on any atom is 0.0890 e. The van der Waals surface area contributed by atoms with Gasteiger partial charge >= 0.3 is 0 Å². The van der Waals surface area contributed by atoms with Crippen LogP contribution in [-0.4, -0.2) is 9.97 Å². The Balaban J connectivity index is 1.90. The molecule has 1 aliphatic rings. The van der Waals surface area contributed by atoms with Gasteiger partial charge in [-0.15, -0.1) is 0 Å². The van der Waals surface area contributed by atoms with E-state index >= 15 is 0 Å². The summed E-state index contributed by atoms with van der Waals surface area (Å²) in [5, 5.41) is 0. The van der Waals surface area contributed by atoms with E-state index in [-0.39, 0.29) is 6.04 Å². The minimum absolute atomic E-state index is 0.196. The molecule has 0 aliphatic heterocycles. The van der Waals surface area contributed by atoms with Crippen molar-refractivity contribution in [3.63, 3.8) is 0 Å². The molecule has 21 heavy (non-hydrogen) atoms. The van der Waals surface area contributed by atoms with Crippen LogP contribution in [0.2, 0.25) is 0 Å². The van der Waals surface area contributed by atoms with Gasteiger partial charge in [-0.1, -0.05) is 19.9 Å². The maximum absolute atomic E-state index is 5.88. The topological polar surface area (TPSA) is 63.8 Å². The van der Waals surface area contributed by atoms with Crippen LogP contribution in [0.5, 0.6) is 0 Å². The molecule has 1 heterocycles. The second-order valence-corrected chi connectivity index (χ2v) is 6.63. The van der Waals surface area contributed by atoms with Gasteiger partial charge in [-0.3, -0.25) is 21.2 Å². The van der Waals surface area contributed by atoms with E-state index in [9.17, 15) is 0 Å². The first-order valence-corrected chi connectivity index (χ1v) is 7.84. The van der Waals surface area contributed by atoms with E-state index in [1.807, 2.05) is 6.07 Å². The Morgan fingerprint density at radius 1 is 1.05 bits per heavy atom. The van der Waals surface area contributed by atoms with Crippen molar-refractivity contribution in [2.24, 2.45) is 23.6 Å². The molecule has 3 unspecified atom stereocenters. The first-order valence-electron chi connectivity index (χ1n) is 7.84. The fraction of sp³-hybridized carbons (Fsp3) is 0.529. The third kappa shape index (κ3) is 3.06. The summed E-state index contributed by atoms with van der Waals surface area (Å²) < 4.78 is 0. The monoisotopic (exact) mass is 284 g/mol. The van der Waals surface area contributed by atoms with Crippen LogP contribution in [-0.2, 0) is 0 Å². The zero-order valence-electron chi connectivity index (χ0n) is 12.8. The Labute approximate surface area is 126 Å². The van der Waals surface area contributed by atoms with E-state index in [1.165, 1.54) is 24.8 Å². The molecule has 0 saturated heterocycles. The smallest absolute Gasteiger partial charge is 0.0890 e. The van der Waals surface area contributed by atoms with Crippen molar-refractivity contribution in [2.45, 2.75) is 39.2 Å². The summed E-state index contributed by atoms with van der Waals surface area (Å²) in [6.07, 6.45) is 7.26. The Bertz CT molecular complexity index is 603. The van der Waals surface area contributed by atoms with Crippen LogP contribution in [0.1, 0.15) is 44.7 Å². The van der Waals surface area contributed by atoms with Gasteiger partial charge in [-0.25, -0.2) is 0 Å². The summed E-state index contributed by atoms with van der Waals surface area (Å²) in [6, 6.07) is 6.49. The van der Waals surface area contributed by atoms with Crippen LogP contribution in [0.4, 0.5) is 0 Å². The fourth-order valence-corrected chi connectivity index (χ4v) is 3.96. The number of fused-ring (bicyclic) bond motifs is 1. The summed E-state index contributed by atoms with van der Waals surface area (Å²) in [6.45, 7) is 4.70. The summed E-state index contributed by atoms with van der Waals surface area (Å²) in [5.74, 6) is 8.02. The first-order chi connectivity index (χ1) is 10.2. The number of benzene rings is 1. The Hall–Kier alpha value is -1.52. The van der Waals surface area contributed by atoms with E-state index in [0.29, 0.717) is 5.92 Å². The van der Waals surface area contributed by atoms with E-state index in [0.717, 1.165) is 22.9 Å². The summed E-state index contributed by atoms with van der Waals surface area (Å²) in [4.78, 5) is 8.73. The van der Waals surface area contributed by atoms with Gasteiger partial charge in [0.1, 0.15) is 0 Å². The van der Waals surface area contributed by atoms with E-state index in [2.05, 4.69) is 41.4 Å². The summed E-state index contributed by atoms with van der Waals surface area (Å²) in [5.41, 5.74) is 6.13. The molecule has 1 aromatic carbocycles. The summed E-state index contributed by atoms with van der Waals surface area (Å²) in [7, 11) is 0.